The van der Waals surface area contributed by atoms with Gasteiger partial charge in [0.25, 0.3) is 0 Å². The third-order valence-corrected chi connectivity index (χ3v) is 3.80. The molecule has 1 heterocycles. The Bertz CT molecular complexity index is 457. The van der Waals surface area contributed by atoms with E-state index in [1.54, 1.807) is 0 Å². The summed E-state index contributed by atoms with van der Waals surface area (Å²) in [5, 5.41) is 3.42. The van der Waals surface area contributed by atoms with E-state index in [1.165, 1.54) is 11.1 Å². The van der Waals surface area contributed by atoms with Gasteiger partial charge in [-0.1, -0.05) is 38.1 Å². The number of halogens is 1. The van der Waals surface area contributed by atoms with Gasteiger partial charge in [0.2, 0.25) is 0 Å². The molecule has 0 aromatic heterocycles. The SMILES string of the molecule is CCN(CC)Cc1cccc(CNC2=NCCN2C)c1.I. The van der Waals surface area contributed by atoms with E-state index in [9.17, 15) is 0 Å². The summed E-state index contributed by atoms with van der Waals surface area (Å²) in [5.74, 6) is 1.01. The van der Waals surface area contributed by atoms with Crippen molar-refractivity contribution in [2.45, 2.75) is 26.9 Å². The number of nitrogens with one attached hydrogen (secondary N) is 1. The number of guanidine groups is 1. The van der Waals surface area contributed by atoms with Crippen LogP contribution < -0.4 is 5.32 Å². The van der Waals surface area contributed by atoms with Crippen LogP contribution in [0.4, 0.5) is 0 Å². The summed E-state index contributed by atoms with van der Waals surface area (Å²) < 4.78 is 0. The minimum absolute atomic E-state index is 0. The van der Waals surface area contributed by atoms with Crippen LogP contribution in [0.3, 0.4) is 0 Å². The van der Waals surface area contributed by atoms with Crippen LogP contribution in [0.25, 0.3) is 0 Å². The Balaban J connectivity index is 0.00000220. The molecule has 0 aliphatic carbocycles. The Labute approximate surface area is 145 Å². The molecule has 1 aliphatic rings. The molecule has 21 heavy (non-hydrogen) atoms. The van der Waals surface area contributed by atoms with Gasteiger partial charge in [0.15, 0.2) is 5.96 Å². The first-order valence-electron chi connectivity index (χ1n) is 7.52. The van der Waals surface area contributed by atoms with Crippen LogP contribution in [0.1, 0.15) is 25.0 Å². The molecule has 0 radical (unpaired) electrons. The van der Waals surface area contributed by atoms with Crippen molar-refractivity contribution in [2.75, 3.05) is 33.2 Å². The second kappa shape index (κ2) is 9.25. The molecule has 2 rings (SSSR count). The van der Waals surface area contributed by atoms with E-state index in [0.717, 1.165) is 45.2 Å². The molecule has 0 unspecified atom stereocenters. The number of hydrogen-bond donors (Lipinski definition) is 1. The summed E-state index contributed by atoms with van der Waals surface area (Å²) in [5.41, 5.74) is 2.70. The molecule has 1 aromatic rings. The van der Waals surface area contributed by atoms with E-state index >= 15 is 0 Å². The largest absolute Gasteiger partial charge is 0.352 e. The van der Waals surface area contributed by atoms with Crippen LogP contribution in [-0.4, -0.2) is 49.0 Å². The highest BCUT2D eigenvalue weighted by Gasteiger charge is 2.11. The third kappa shape index (κ3) is 5.47. The van der Waals surface area contributed by atoms with Crippen LogP contribution in [-0.2, 0) is 13.1 Å². The fourth-order valence-electron chi connectivity index (χ4n) is 2.45. The average molecular weight is 402 g/mol. The molecule has 0 amide bonds. The lowest BCUT2D eigenvalue weighted by Gasteiger charge is -2.19. The van der Waals surface area contributed by atoms with Gasteiger partial charge in [-0.25, -0.2) is 0 Å². The summed E-state index contributed by atoms with van der Waals surface area (Å²) in [6.45, 7) is 10.4. The molecular weight excluding hydrogens is 375 g/mol. The lowest BCUT2D eigenvalue weighted by molar-refractivity contribution is 0.296. The number of aliphatic imine (C=N–C) groups is 1. The first-order valence-corrected chi connectivity index (χ1v) is 7.52. The monoisotopic (exact) mass is 402 g/mol. The summed E-state index contributed by atoms with van der Waals surface area (Å²) in [6, 6.07) is 8.83. The van der Waals surface area contributed by atoms with Gasteiger partial charge >= 0.3 is 0 Å². The van der Waals surface area contributed by atoms with Crippen LogP contribution >= 0.6 is 24.0 Å². The quantitative estimate of drug-likeness (QED) is 0.743. The summed E-state index contributed by atoms with van der Waals surface area (Å²) in [4.78, 5) is 9.05. The molecule has 1 aliphatic heterocycles. The topological polar surface area (TPSA) is 30.9 Å². The van der Waals surface area contributed by atoms with Gasteiger partial charge in [-0.3, -0.25) is 9.89 Å². The molecule has 0 saturated heterocycles. The summed E-state index contributed by atoms with van der Waals surface area (Å²) in [7, 11) is 2.08. The van der Waals surface area contributed by atoms with Gasteiger partial charge in [0.05, 0.1) is 6.54 Å². The maximum Gasteiger partial charge on any atom is 0.194 e. The van der Waals surface area contributed by atoms with E-state index < -0.39 is 0 Å². The van der Waals surface area contributed by atoms with E-state index in [-0.39, 0.29) is 24.0 Å². The molecule has 0 atom stereocenters. The highest BCUT2D eigenvalue weighted by atomic mass is 127. The molecule has 1 N–H and O–H groups in total. The minimum Gasteiger partial charge on any atom is -0.352 e. The summed E-state index contributed by atoms with van der Waals surface area (Å²) >= 11 is 0. The highest BCUT2D eigenvalue weighted by Crippen LogP contribution is 2.09. The Hall–Kier alpha value is -0.820. The first-order chi connectivity index (χ1) is 9.72. The lowest BCUT2D eigenvalue weighted by atomic mass is 10.1. The smallest absolute Gasteiger partial charge is 0.194 e. The zero-order chi connectivity index (χ0) is 14.4. The van der Waals surface area contributed by atoms with Crippen LogP contribution in [0.2, 0.25) is 0 Å². The predicted molar refractivity (Wildman–Crippen MR) is 100 cm³/mol. The minimum atomic E-state index is 0. The Morgan fingerprint density at radius 2 is 1.95 bits per heavy atom. The molecule has 0 fully saturated rings. The fraction of sp³-hybridized carbons (Fsp3) is 0.562. The molecule has 0 saturated carbocycles. The third-order valence-electron chi connectivity index (χ3n) is 3.80. The number of nitrogens with zero attached hydrogens (tertiary/aromatic N) is 3. The maximum atomic E-state index is 4.45. The molecule has 118 valence electrons. The fourth-order valence-corrected chi connectivity index (χ4v) is 2.45. The normalized spacial score (nSPS) is 14.1. The average Bonchev–Trinajstić information content (AvgIpc) is 2.88. The van der Waals surface area contributed by atoms with Gasteiger partial charge in [-0.2, -0.15) is 0 Å². The molecule has 1 aromatic carbocycles. The van der Waals surface area contributed by atoms with Crippen molar-refractivity contribution in [1.29, 1.82) is 0 Å². The van der Waals surface area contributed by atoms with Gasteiger partial charge < -0.3 is 10.2 Å². The number of rotatable bonds is 6. The number of benzene rings is 1. The molecule has 0 spiro atoms. The summed E-state index contributed by atoms with van der Waals surface area (Å²) in [6.07, 6.45) is 0. The maximum absolute atomic E-state index is 4.45. The molecule has 0 bridgehead atoms. The van der Waals surface area contributed by atoms with Gasteiger partial charge in [-0.15, -0.1) is 24.0 Å². The zero-order valence-electron chi connectivity index (χ0n) is 13.3. The molecule has 4 nitrogen and oxygen atoms in total. The van der Waals surface area contributed by atoms with Crippen LogP contribution in [0, 0.1) is 0 Å². The second-order valence-electron chi connectivity index (χ2n) is 5.26. The standard InChI is InChI=1S/C16H26N4.HI/c1-4-20(5-2)13-15-8-6-7-14(11-15)12-18-16-17-9-10-19(16)3;/h6-8,11H,4-5,9-10,12-13H2,1-3H3,(H,17,18);1H. The highest BCUT2D eigenvalue weighted by molar-refractivity contribution is 14.0. The molecular formula is C16H27IN4. The zero-order valence-corrected chi connectivity index (χ0v) is 15.6. The van der Waals surface area contributed by atoms with E-state index in [1.807, 2.05) is 0 Å². The van der Waals surface area contributed by atoms with Crippen molar-refractivity contribution < 1.29 is 0 Å². The van der Waals surface area contributed by atoms with Crippen molar-refractivity contribution >= 4 is 29.9 Å². The Morgan fingerprint density at radius 3 is 2.57 bits per heavy atom. The van der Waals surface area contributed by atoms with Gasteiger partial charge in [-0.05, 0) is 24.2 Å². The molecule has 5 heteroatoms. The van der Waals surface area contributed by atoms with E-state index in [2.05, 4.69) is 65.3 Å². The van der Waals surface area contributed by atoms with E-state index in [0.29, 0.717) is 0 Å². The van der Waals surface area contributed by atoms with Crippen molar-refractivity contribution in [2.24, 2.45) is 4.99 Å². The van der Waals surface area contributed by atoms with Crippen molar-refractivity contribution in [3.63, 3.8) is 0 Å². The van der Waals surface area contributed by atoms with Gasteiger partial charge in [0, 0.05) is 26.7 Å². The van der Waals surface area contributed by atoms with E-state index in [4.69, 9.17) is 0 Å². The van der Waals surface area contributed by atoms with Crippen molar-refractivity contribution in [1.82, 2.24) is 15.1 Å². The number of hydrogen-bond acceptors (Lipinski definition) is 4. The van der Waals surface area contributed by atoms with Crippen LogP contribution in [0.15, 0.2) is 29.3 Å². The first kappa shape index (κ1) is 18.2. The Kier molecular flexibility index (Phi) is 8.03. The predicted octanol–water partition coefficient (Wildman–Crippen LogP) is 2.54. The Morgan fingerprint density at radius 1 is 1.24 bits per heavy atom. The second-order valence-corrected chi connectivity index (χ2v) is 5.26. The number of likely N-dealkylation sites (N-methyl/N-ethyl adjacent to an activating group) is 1. The van der Waals surface area contributed by atoms with Crippen molar-refractivity contribution in [3.05, 3.63) is 35.4 Å². The van der Waals surface area contributed by atoms with Crippen molar-refractivity contribution in [3.8, 4) is 0 Å². The van der Waals surface area contributed by atoms with Gasteiger partial charge in [0.1, 0.15) is 0 Å². The van der Waals surface area contributed by atoms with Crippen LogP contribution in [0.5, 0.6) is 0 Å². The lowest BCUT2D eigenvalue weighted by Crippen LogP contribution is -2.35.